The Hall–Kier alpha value is -3.50. The third kappa shape index (κ3) is 5.23. The molecule has 4 heterocycles. The minimum absolute atomic E-state index is 0.0312. The van der Waals surface area contributed by atoms with Gasteiger partial charge >= 0.3 is 0 Å². The Balaban J connectivity index is 1.59. The van der Waals surface area contributed by atoms with Gasteiger partial charge in [-0.3, -0.25) is 14.2 Å². The fourth-order valence-corrected chi connectivity index (χ4v) is 5.54. The average molecular weight is 524 g/mol. The van der Waals surface area contributed by atoms with E-state index < -0.39 is 5.82 Å². The number of amides is 1. The molecule has 3 aliphatic heterocycles. The average Bonchev–Trinajstić information content (AvgIpc) is 3.24. The van der Waals surface area contributed by atoms with Crippen molar-refractivity contribution in [1.82, 2.24) is 19.8 Å². The first-order chi connectivity index (χ1) is 18.4. The van der Waals surface area contributed by atoms with Crippen LogP contribution in [0.4, 0.5) is 10.1 Å². The lowest BCUT2D eigenvalue weighted by Crippen LogP contribution is -2.40. The first-order valence-electron chi connectivity index (χ1n) is 13.0. The molecule has 3 saturated heterocycles. The van der Waals surface area contributed by atoms with Gasteiger partial charge in [0.2, 0.25) is 5.91 Å². The molecule has 1 unspecified atom stereocenters. The van der Waals surface area contributed by atoms with E-state index in [9.17, 15) is 14.0 Å². The van der Waals surface area contributed by atoms with Crippen molar-refractivity contribution in [2.75, 3.05) is 51.9 Å². The van der Waals surface area contributed by atoms with Gasteiger partial charge in [-0.05, 0) is 56.2 Å². The van der Waals surface area contributed by atoms with Crippen LogP contribution in [0.5, 0.6) is 5.75 Å². The molecule has 2 bridgehead atoms. The van der Waals surface area contributed by atoms with Gasteiger partial charge in [0.25, 0.3) is 5.56 Å². The van der Waals surface area contributed by atoms with Gasteiger partial charge in [0, 0.05) is 56.6 Å². The Bertz CT molecular complexity index is 1390. The lowest BCUT2D eigenvalue weighted by Gasteiger charge is -2.33. The molecular formula is C28H34FN5O4. The summed E-state index contributed by atoms with van der Waals surface area (Å²) in [6.07, 6.45) is 2.21. The number of piperidine rings is 1. The van der Waals surface area contributed by atoms with Crippen molar-refractivity contribution in [2.45, 2.75) is 38.4 Å². The third-order valence-corrected chi connectivity index (χ3v) is 7.46. The summed E-state index contributed by atoms with van der Waals surface area (Å²) in [6, 6.07) is 10.3. The number of carbonyl (C=O) groups excluding carboxylic acids is 1. The zero-order valence-electron chi connectivity index (χ0n) is 22.1. The second-order valence-corrected chi connectivity index (χ2v) is 10.1. The SMILES string of the molecule is COCC(C)NC(=O)Cn1c(-c2ccc(F)c(OC)c2)nc2ccc(N3CCN4CCC3CC4)cc2c1=O. The van der Waals surface area contributed by atoms with Crippen molar-refractivity contribution < 1.29 is 18.7 Å². The lowest BCUT2D eigenvalue weighted by atomic mass is 10.0. The van der Waals surface area contributed by atoms with Gasteiger partial charge in [0.15, 0.2) is 11.6 Å². The number of hydrogen-bond donors (Lipinski definition) is 1. The Kier molecular flexibility index (Phi) is 7.62. The van der Waals surface area contributed by atoms with Crippen molar-refractivity contribution in [3.63, 3.8) is 0 Å². The zero-order valence-corrected chi connectivity index (χ0v) is 22.1. The maximum Gasteiger partial charge on any atom is 0.262 e. The predicted molar refractivity (Wildman–Crippen MR) is 144 cm³/mol. The molecule has 0 saturated carbocycles. The number of nitrogens with one attached hydrogen (secondary N) is 1. The van der Waals surface area contributed by atoms with E-state index in [1.165, 1.54) is 29.9 Å². The molecule has 6 rings (SSSR count). The molecule has 1 N–H and O–H groups in total. The quantitative estimate of drug-likeness (QED) is 0.486. The van der Waals surface area contributed by atoms with Crippen molar-refractivity contribution in [3.05, 3.63) is 52.6 Å². The third-order valence-electron chi connectivity index (χ3n) is 7.46. The highest BCUT2D eigenvalue weighted by Gasteiger charge is 2.29. The van der Waals surface area contributed by atoms with Crippen LogP contribution in [-0.2, 0) is 16.1 Å². The number of anilines is 1. The summed E-state index contributed by atoms with van der Waals surface area (Å²) in [4.78, 5) is 36.5. The Morgan fingerprint density at radius 3 is 2.66 bits per heavy atom. The van der Waals surface area contributed by atoms with E-state index in [1.807, 2.05) is 25.1 Å². The molecule has 9 nitrogen and oxygen atoms in total. The normalized spacial score (nSPS) is 19.8. The molecule has 1 amide bonds. The predicted octanol–water partition coefficient (Wildman–Crippen LogP) is 2.65. The van der Waals surface area contributed by atoms with E-state index in [0.717, 1.165) is 44.7 Å². The van der Waals surface area contributed by atoms with Crippen LogP contribution in [0.25, 0.3) is 22.3 Å². The molecule has 1 atom stereocenters. The summed E-state index contributed by atoms with van der Waals surface area (Å²) in [5.41, 5.74) is 1.66. The summed E-state index contributed by atoms with van der Waals surface area (Å²) in [7, 11) is 2.94. The standard InChI is InChI=1S/C28H34FN5O4/c1-18(17-37-2)30-26(35)16-34-27(19-4-6-23(29)25(14-19)38-3)31-24-7-5-21(15-22(24)28(34)36)33-13-12-32-10-8-20(33)9-11-32/h4-7,14-15,18,20H,8-13,16-17H2,1-3H3,(H,30,35). The Morgan fingerprint density at radius 1 is 1.13 bits per heavy atom. The summed E-state index contributed by atoms with van der Waals surface area (Å²) >= 11 is 0. The monoisotopic (exact) mass is 523 g/mol. The summed E-state index contributed by atoms with van der Waals surface area (Å²) < 4.78 is 25.8. The zero-order chi connectivity index (χ0) is 26.8. The van der Waals surface area contributed by atoms with Crippen LogP contribution in [0.2, 0.25) is 0 Å². The Morgan fingerprint density at radius 2 is 1.92 bits per heavy atom. The minimum atomic E-state index is -0.523. The number of carbonyl (C=O) groups is 1. The van der Waals surface area contributed by atoms with Crippen LogP contribution in [0.3, 0.4) is 0 Å². The van der Waals surface area contributed by atoms with Crippen LogP contribution in [0.15, 0.2) is 41.2 Å². The van der Waals surface area contributed by atoms with Crippen LogP contribution in [0.1, 0.15) is 19.8 Å². The first kappa shape index (κ1) is 26.1. The van der Waals surface area contributed by atoms with Gasteiger partial charge in [-0.25, -0.2) is 9.37 Å². The van der Waals surface area contributed by atoms with E-state index in [4.69, 9.17) is 14.5 Å². The van der Waals surface area contributed by atoms with Crippen molar-refractivity contribution in [1.29, 1.82) is 0 Å². The van der Waals surface area contributed by atoms with Gasteiger partial charge in [-0.2, -0.15) is 0 Å². The van der Waals surface area contributed by atoms with Crippen LogP contribution >= 0.6 is 0 Å². The van der Waals surface area contributed by atoms with Crippen molar-refractivity contribution in [3.8, 4) is 17.1 Å². The number of methoxy groups -OCH3 is 2. The van der Waals surface area contributed by atoms with Gasteiger partial charge in [-0.15, -0.1) is 0 Å². The molecule has 10 heteroatoms. The fraction of sp³-hybridized carbons (Fsp3) is 0.464. The van der Waals surface area contributed by atoms with E-state index in [-0.39, 0.29) is 35.6 Å². The second-order valence-electron chi connectivity index (χ2n) is 10.1. The van der Waals surface area contributed by atoms with E-state index in [0.29, 0.717) is 29.1 Å². The molecule has 202 valence electrons. The second kappa shape index (κ2) is 11.1. The number of halogens is 1. The highest BCUT2D eigenvalue weighted by molar-refractivity contribution is 5.85. The molecule has 0 aliphatic carbocycles. The summed E-state index contributed by atoms with van der Waals surface area (Å²) in [5.74, 6) is -0.569. The number of ether oxygens (including phenoxy) is 2. The van der Waals surface area contributed by atoms with Gasteiger partial charge in [0.1, 0.15) is 12.4 Å². The molecule has 3 fully saturated rings. The molecule has 3 aromatic rings. The number of fused-ring (bicyclic) bond motifs is 5. The number of benzene rings is 2. The van der Waals surface area contributed by atoms with Gasteiger partial charge in [0.05, 0.1) is 24.6 Å². The fourth-order valence-electron chi connectivity index (χ4n) is 5.54. The van der Waals surface area contributed by atoms with Gasteiger partial charge in [-0.1, -0.05) is 0 Å². The molecule has 3 aliphatic rings. The molecule has 0 radical (unpaired) electrons. The highest BCUT2D eigenvalue weighted by Crippen LogP contribution is 2.30. The molecular weight excluding hydrogens is 489 g/mol. The number of rotatable bonds is 8. The maximum atomic E-state index is 14.2. The first-order valence-corrected chi connectivity index (χ1v) is 13.0. The lowest BCUT2D eigenvalue weighted by molar-refractivity contribution is -0.122. The molecule has 1 aromatic heterocycles. The largest absolute Gasteiger partial charge is 0.494 e. The molecule has 2 aromatic carbocycles. The van der Waals surface area contributed by atoms with Crippen LogP contribution in [0, 0.1) is 5.82 Å². The number of nitrogens with zero attached hydrogens (tertiary/aromatic N) is 4. The van der Waals surface area contributed by atoms with E-state index in [1.54, 1.807) is 7.11 Å². The summed E-state index contributed by atoms with van der Waals surface area (Å²) in [6.45, 7) is 6.04. The Labute approximate surface area is 221 Å². The number of aromatic nitrogens is 2. The minimum Gasteiger partial charge on any atom is -0.494 e. The van der Waals surface area contributed by atoms with Crippen molar-refractivity contribution in [2.24, 2.45) is 0 Å². The van der Waals surface area contributed by atoms with Crippen molar-refractivity contribution >= 4 is 22.5 Å². The maximum absolute atomic E-state index is 14.2. The molecule has 0 spiro atoms. The number of hydrogen-bond acceptors (Lipinski definition) is 7. The van der Waals surface area contributed by atoms with Crippen LogP contribution < -0.4 is 20.5 Å². The highest BCUT2D eigenvalue weighted by atomic mass is 19.1. The smallest absolute Gasteiger partial charge is 0.262 e. The summed E-state index contributed by atoms with van der Waals surface area (Å²) in [5, 5.41) is 3.30. The molecule has 38 heavy (non-hydrogen) atoms. The van der Waals surface area contributed by atoms with E-state index in [2.05, 4.69) is 15.1 Å². The topological polar surface area (TPSA) is 88.9 Å². The van der Waals surface area contributed by atoms with Crippen LogP contribution in [-0.4, -0.2) is 79.4 Å². The van der Waals surface area contributed by atoms with E-state index >= 15 is 0 Å². The van der Waals surface area contributed by atoms with Gasteiger partial charge < -0.3 is 24.6 Å².